The Morgan fingerprint density at radius 1 is 1.16 bits per heavy atom. The molecule has 1 amide bonds. The first-order valence-corrected chi connectivity index (χ1v) is 10.3. The molecule has 0 bridgehead atoms. The minimum absolute atomic E-state index is 0.0338. The highest BCUT2D eigenvalue weighted by Gasteiger charge is 2.28. The topological polar surface area (TPSA) is 83.6 Å². The van der Waals surface area contributed by atoms with Crippen LogP contribution in [0.25, 0.3) is 5.69 Å². The summed E-state index contributed by atoms with van der Waals surface area (Å²) in [5.41, 5.74) is 5.06. The van der Waals surface area contributed by atoms with E-state index in [1.165, 1.54) is 0 Å². The van der Waals surface area contributed by atoms with Crippen LogP contribution in [0.15, 0.2) is 47.7 Å². The lowest BCUT2D eigenvalue weighted by Crippen LogP contribution is -2.55. The fraction of sp³-hybridized carbons (Fsp3) is 0.364. The molecule has 0 spiro atoms. The summed E-state index contributed by atoms with van der Waals surface area (Å²) >= 11 is 0. The number of piperazine rings is 1. The van der Waals surface area contributed by atoms with Gasteiger partial charge < -0.3 is 15.1 Å². The molecular weight excluding hydrogens is 392 g/mol. The van der Waals surface area contributed by atoms with Gasteiger partial charge in [-0.05, 0) is 26.0 Å². The van der Waals surface area contributed by atoms with E-state index in [2.05, 4.69) is 22.3 Å². The summed E-state index contributed by atoms with van der Waals surface area (Å²) in [5, 5.41) is 12.3. The standard InChI is InChI=1S/C22H28N8O/c1-16-20(17(2)30(26-16)18-8-6-5-7-9-18)13-24-22(23-3)28-10-11-29(21(31)15-28)19-12-25-27(4)14-19/h5-9,12,14H,10-11,13,15H2,1-4H3,(H,23,24). The van der Waals surface area contributed by atoms with Crippen molar-refractivity contribution in [1.29, 1.82) is 0 Å². The average Bonchev–Trinajstić information content (AvgIpc) is 3.32. The molecule has 9 nitrogen and oxygen atoms in total. The van der Waals surface area contributed by atoms with Gasteiger partial charge in [-0.3, -0.25) is 14.5 Å². The minimum atomic E-state index is 0.0338. The molecule has 0 atom stereocenters. The van der Waals surface area contributed by atoms with Crippen molar-refractivity contribution in [2.75, 3.05) is 31.6 Å². The molecule has 0 saturated carbocycles. The third-order valence-corrected chi connectivity index (χ3v) is 5.60. The van der Waals surface area contributed by atoms with Gasteiger partial charge in [0, 0.05) is 51.2 Å². The van der Waals surface area contributed by atoms with E-state index in [-0.39, 0.29) is 12.5 Å². The van der Waals surface area contributed by atoms with Crippen molar-refractivity contribution in [3.8, 4) is 5.69 Å². The van der Waals surface area contributed by atoms with Gasteiger partial charge in [0.2, 0.25) is 5.91 Å². The van der Waals surface area contributed by atoms with Gasteiger partial charge in [-0.2, -0.15) is 10.2 Å². The number of amides is 1. The van der Waals surface area contributed by atoms with Crippen molar-refractivity contribution in [2.24, 2.45) is 12.0 Å². The molecule has 1 aromatic carbocycles. The molecule has 1 saturated heterocycles. The second-order valence-electron chi connectivity index (χ2n) is 7.64. The molecule has 3 aromatic rings. The number of benzene rings is 1. The first-order valence-electron chi connectivity index (χ1n) is 10.3. The Balaban J connectivity index is 1.43. The quantitative estimate of drug-likeness (QED) is 0.513. The van der Waals surface area contributed by atoms with Gasteiger partial charge in [0.1, 0.15) is 6.54 Å². The third kappa shape index (κ3) is 4.16. The van der Waals surface area contributed by atoms with Crippen molar-refractivity contribution in [2.45, 2.75) is 20.4 Å². The highest BCUT2D eigenvalue weighted by molar-refractivity contribution is 5.98. The van der Waals surface area contributed by atoms with Gasteiger partial charge in [0.25, 0.3) is 0 Å². The Kier molecular flexibility index (Phi) is 5.75. The summed E-state index contributed by atoms with van der Waals surface area (Å²) in [6, 6.07) is 10.1. The summed E-state index contributed by atoms with van der Waals surface area (Å²) in [6.07, 6.45) is 3.58. The largest absolute Gasteiger partial charge is 0.352 e. The predicted octanol–water partition coefficient (Wildman–Crippen LogP) is 1.65. The van der Waals surface area contributed by atoms with E-state index in [0.717, 1.165) is 28.3 Å². The third-order valence-electron chi connectivity index (χ3n) is 5.60. The van der Waals surface area contributed by atoms with Crippen LogP contribution in [0.2, 0.25) is 0 Å². The van der Waals surface area contributed by atoms with Crippen molar-refractivity contribution in [3.05, 3.63) is 59.7 Å². The van der Waals surface area contributed by atoms with Gasteiger partial charge in [0.05, 0.1) is 23.3 Å². The van der Waals surface area contributed by atoms with Crippen LogP contribution < -0.4 is 10.2 Å². The second-order valence-corrected chi connectivity index (χ2v) is 7.64. The molecule has 31 heavy (non-hydrogen) atoms. The number of carbonyl (C=O) groups is 1. The first kappa shape index (κ1) is 20.6. The van der Waals surface area contributed by atoms with Crippen molar-refractivity contribution >= 4 is 17.6 Å². The monoisotopic (exact) mass is 420 g/mol. The molecule has 162 valence electrons. The number of nitrogens with one attached hydrogen (secondary N) is 1. The molecule has 1 N–H and O–H groups in total. The number of anilines is 1. The molecule has 9 heteroatoms. The molecule has 0 radical (unpaired) electrons. The van der Waals surface area contributed by atoms with Gasteiger partial charge >= 0.3 is 0 Å². The Hall–Kier alpha value is -3.62. The van der Waals surface area contributed by atoms with Gasteiger partial charge in [-0.15, -0.1) is 0 Å². The zero-order chi connectivity index (χ0) is 22.0. The van der Waals surface area contributed by atoms with Crippen LogP contribution in [0, 0.1) is 13.8 Å². The van der Waals surface area contributed by atoms with Crippen LogP contribution in [0.3, 0.4) is 0 Å². The predicted molar refractivity (Wildman–Crippen MR) is 120 cm³/mol. The Morgan fingerprint density at radius 2 is 1.94 bits per heavy atom. The molecule has 0 aliphatic carbocycles. The van der Waals surface area contributed by atoms with Gasteiger partial charge in [-0.25, -0.2) is 4.68 Å². The maximum Gasteiger partial charge on any atom is 0.246 e. The number of para-hydroxylation sites is 1. The van der Waals surface area contributed by atoms with Crippen molar-refractivity contribution < 1.29 is 4.79 Å². The number of aryl methyl sites for hydroxylation is 2. The van der Waals surface area contributed by atoms with E-state index in [0.29, 0.717) is 25.6 Å². The van der Waals surface area contributed by atoms with Crippen molar-refractivity contribution in [1.82, 2.24) is 29.8 Å². The molecule has 0 unspecified atom stereocenters. The van der Waals surface area contributed by atoms with E-state index in [1.54, 1.807) is 22.8 Å². The lowest BCUT2D eigenvalue weighted by molar-refractivity contribution is -0.120. The zero-order valence-electron chi connectivity index (χ0n) is 18.4. The maximum atomic E-state index is 12.7. The summed E-state index contributed by atoms with van der Waals surface area (Å²) in [4.78, 5) is 20.9. The van der Waals surface area contributed by atoms with Crippen LogP contribution in [0.4, 0.5) is 5.69 Å². The van der Waals surface area contributed by atoms with Crippen LogP contribution >= 0.6 is 0 Å². The van der Waals surface area contributed by atoms with Crippen molar-refractivity contribution in [3.63, 3.8) is 0 Å². The number of rotatable bonds is 4. The van der Waals surface area contributed by atoms with E-state index in [9.17, 15) is 4.79 Å². The molecule has 2 aromatic heterocycles. The Bertz CT molecular complexity index is 1100. The highest BCUT2D eigenvalue weighted by atomic mass is 16.2. The number of guanidine groups is 1. The normalized spacial score (nSPS) is 15.0. The molecule has 3 heterocycles. The molecule has 1 aliphatic rings. The highest BCUT2D eigenvalue weighted by Crippen LogP contribution is 2.19. The molecule has 4 rings (SSSR count). The average molecular weight is 421 g/mol. The van der Waals surface area contributed by atoms with Crippen LogP contribution in [0.1, 0.15) is 17.0 Å². The number of hydrogen-bond acceptors (Lipinski definition) is 4. The van der Waals surface area contributed by atoms with Crippen LogP contribution in [-0.4, -0.2) is 63.0 Å². The van der Waals surface area contributed by atoms with Gasteiger partial charge in [0.15, 0.2) is 5.96 Å². The fourth-order valence-corrected chi connectivity index (χ4v) is 3.93. The van der Waals surface area contributed by atoms with Crippen LogP contribution in [-0.2, 0) is 18.4 Å². The number of hydrogen-bond donors (Lipinski definition) is 1. The van der Waals surface area contributed by atoms with Gasteiger partial charge in [-0.1, -0.05) is 18.2 Å². The first-order chi connectivity index (χ1) is 15.0. The molecule has 1 aliphatic heterocycles. The fourth-order valence-electron chi connectivity index (χ4n) is 3.93. The van der Waals surface area contributed by atoms with E-state index in [1.807, 2.05) is 60.1 Å². The summed E-state index contributed by atoms with van der Waals surface area (Å²) < 4.78 is 3.67. The number of aromatic nitrogens is 4. The Morgan fingerprint density at radius 3 is 2.58 bits per heavy atom. The lowest BCUT2D eigenvalue weighted by atomic mass is 10.2. The van der Waals surface area contributed by atoms with Crippen LogP contribution in [0.5, 0.6) is 0 Å². The Labute approximate surface area is 182 Å². The number of aliphatic imine (C=N–C) groups is 1. The maximum absolute atomic E-state index is 12.7. The second kappa shape index (κ2) is 8.63. The number of nitrogens with zero attached hydrogens (tertiary/aromatic N) is 7. The minimum Gasteiger partial charge on any atom is -0.352 e. The number of carbonyl (C=O) groups excluding carboxylic acids is 1. The molecule has 1 fully saturated rings. The van der Waals surface area contributed by atoms with E-state index < -0.39 is 0 Å². The lowest BCUT2D eigenvalue weighted by Gasteiger charge is -2.35. The summed E-state index contributed by atoms with van der Waals surface area (Å²) in [6.45, 7) is 6.24. The summed E-state index contributed by atoms with van der Waals surface area (Å²) in [7, 11) is 3.59. The van der Waals surface area contributed by atoms with E-state index >= 15 is 0 Å². The SMILES string of the molecule is CN=C(NCc1c(C)nn(-c2ccccc2)c1C)N1CCN(c2cnn(C)c2)C(=O)C1. The molecular formula is C22H28N8O. The summed E-state index contributed by atoms with van der Waals surface area (Å²) in [5.74, 6) is 0.747. The smallest absolute Gasteiger partial charge is 0.246 e. The zero-order valence-corrected chi connectivity index (χ0v) is 18.4. The van der Waals surface area contributed by atoms with E-state index in [4.69, 9.17) is 5.10 Å².